The van der Waals surface area contributed by atoms with Crippen molar-refractivity contribution in [3.8, 4) is 0 Å². The number of hydrogen-bond acceptors (Lipinski definition) is 5. The molecule has 0 saturated heterocycles. The van der Waals surface area contributed by atoms with Crippen molar-refractivity contribution in [3.05, 3.63) is 53.9 Å². The van der Waals surface area contributed by atoms with Crippen LogP contribution in [0.2, 0.25) is 0 Å². The van der Waals surface area contributed by atoms with E-state index in [1.54, 1.807) is 42.7 Å². The Morgan fingerprint density at radius 2 is 1.92 bits per heavy atom. The monoisotopic (exact) mass is 475 g/mol. The Morgan fingerprint density at radius 3 is 2.56 bits per heavy atom. The molecular weight excluding hydrogens is 458 g/mol. The maximum absolute atomic E-state index is 12.3. The van der Waals surface area contributed by atoms with E-state index in [4.69, 9.17) is 10.8 Å². The van der Waals surface area contributed by atoms with Crippen LogP contribution in [0.1, 0.15) is 22.0 Å². The molecule has 0 aliphatic heterocycles. The zero-order valence-corrected chi connectivity index (χ0v) is 16.4. The number of amides is 1. The van der Waals surface area contributed by atoms with E-state index in [0.29, 0.717) is 16.9 Å². The molecule has 0 radical (unpaired) electrons. The van der Waals surface area contributed by atoms with Gasteiger partial charge in [0.25, 0.3) is 5.91 Å². The van der Waals surface area contributed by atoms with Crippen LogP contribution in [-0.4, -0.2) is 38.3 Å². The smallest absolute Gasteiger partial charge is 0.255 e. The second-order valence-corrected chi connectivity index (χ2v) is 4.86. The lowest BCUT2D eigenvalue weighted by Gasteiger charge is -2.10. The maximum Gasteiger partial charge on any atom is 0.255 e. The molecule has 2 aromatic heterocycles. The van der Waals surface area contributed by atoms with Gasteiger partial charge in [0.05, 0.1) is 29.9 Å². The molecule has 0 aliphatic rings. The summed E-state index contributed by atoms with van der Waals surface area (Å²) >= 11 is 0. The highest BCUT2D eigenvalue weighted by Gasteiger charge is 2.11. The van der Waals surface area contributed by atoms with Gasteiger partial charge in [0, 0.05) is 11.8 Å². The minimum Gasteiger partial charge on any atom is -0.412 e. The Bertz CT molecular complexity index is 810. The number of aliphatic hydroxyl groups excluding tert-OH is 1. The number of aromatic amines is 1. The molecule has 2 heterocycles. The molecule has 1 aromatic carbocycles. The predicted octanol–water partition coefficient (Wildman–Crippen LogP) is 1.53. The van der Waals surface area contributed by atoms with Gasteiger partial charge < -0.3 is 21.6 Å². The number of carbonyl (C=O) groups is 1. The Balaban J connectivity index is 0.00000192. The second kappa shape index (κ2) is 10.2. The lowest BCUT2D eigenvalue weighted by Crippen LogP contribution is -2.15. The highest BCUT2D eigenvalue weighted by molar-refractivity contribution is 8.93. The fourth-order valence-corrected chi connectivity index (χ4v) is 2.14. The fraction of sp³-hybridized carbons (Fsp3) is 0.133. The summed E-state index contributed by atoms with van der Waals surface area (Å²) in [6.45, 7) is -0.138. The minimum atomic E-state index is -0.442. The lowest BCUT2D eigenvalue weighted by molar-refractivity contribution is 0.102. The third-order valence-corrected chi connectivity index (χ3v) is 3.40. The number of H-pyrrole nitrogens is 1. The van der Waals surface area contributed by atoms with Gasteiger partial charge in [0.1, 0.15) is 0 Å². The number of halogens is 2. The molecule has 3 rings (SSSR count). The van der Waals surface area contributed by atoms with Crippen LogP contribution in [0, 0.1) is 0 Å². The zero-order chi connectivity index (χ0) is 15.5. The average Bonchev–Trinajstić information content (AvgIpc) is 3.04. The first-order valence-electron chi connectivity index (χ1n) is 6.75. The van der Waals surface area contributed by atoms with Gasteiger partial charge in [-0.2, -0.15) is 5.10 Å². The average molecular weight is 477 g/mol. The number of carbonyl (C=O) groups excluding carboxylic acids is 1. The first-order valence-corrected chi connectivity index (χ1v) is 6.75. The summed E-state index contributed by atoms with van der Waals surface area (Å²) in [5, 5.41) is 19.3. The van der Waals surface area contributed by atoms with E-state index in [1.165, 1.54) is 0 Å². The van der Waals surface area contributed by atoms with Gasteiger partial charge in [0.2, 0.25) is 0 Å². The summed E-state index contributed by atoms with van der Waals surface area (Å²) in [7, 11) is 0. The van der Waals surface area contributed by atoms with Gasteiger partial charge in [-0.05, 0) is 23.8 Å². The number of nitrogens with zero attached hydrogens (tertiary/aromatic N) is 2. The quantitative estimate of drug-likeness (QED) is 0.450. The first kappa shape index (κ1) is 23.1. The minimum absolute atomic E-state index is 0. The molecule has 10 heteroatoms. The van der Waals surface area contributed by atoms with Crippen LogP contribution >= 0.6 is 34.0 Å². The first-order chi connectivity index (χ1) is 10.7. The summed E-state index contributed by atoms with van der Waals surface area (Å²) in [6, 6.07) is 8.09. The molecule has 8 nitrogen and oxygen atoms in total. The molecule has 1 amide bonds. The number of nitrogens with two attached hydrogens (primary N) is 1. The summed E-state index contributed by atoms with van der Waals surface area (Å²) in [5.41, 5.74) is 8.26. The number of pyridine rings is 1. The van der Waals surface area contributed by atoms with Crippen molar-refractivity contribution < 1.29 is 15.4 Å². The van der Waals surface area contributed by atoms with E-state index in [-0.39, 0.29) is 52.0 Å². The number of aliphatic hydroxyl groups is 1. The van der Waals surface area contributed by atoms with Crippen LogP contribution in [0.4, 0.5) is 5.69 Å². The molecule has 0 aliphatic carbocycles. The molecule has 0 fully saturated rings. The highest BCUT2D eigenvalue weighted by atomic mass is 79.9. The molecule has 1 atom stereocenters. The van der Waals surface area contributed by atoms with Crippen LogP contribution in [0.15, 0.2) is 42.7 Å². The third kappa shape index (κ3) is 5.06. The normalized spacial score (nSPS) is 10.8. The van der Waals surface area contributed by atoms with Crippen LogP contribution in [-0.2, 0) is 0 Å². The van der Waals surface area contributed by atoms with E-state index in [0.717, 1.165) is 10.9 Å². The summed E-state index contributed by atoms with van der Waals surface area (Å²) in [4.78, 5) is 16.4. The Labute approximate surface area is 164 Å². The van der Waals surface area contributed by atoms with Crippen LogP contribution in [0.5, 0.6) is 0 Å². The van der Waals surface area contributed by atoms with Crippen LogP contribution in [0.25, 0.3) is 11.0 Å². The predicted molar refractivity (Wildman–Crippen MR) is 107 cm³/mol. The number of anilines is 1. The van der Waals surface area contributed by atoms with Crippen molar-refractivity contribution >= 4 is 56.6 Å². The van der Waals surface area contributed by atoms with Crippen LogP contribution in [0.3, 0.4) is 0 Å². The molecule has 1 unspecified atom stereocenters. The summed E-state index contributed by atoms with van der Waals surface area (Å²) in [5.74, 6) is -0.238. The largest absolute Gasteiger partial charge is 0.412 e. The number of hydrogen-bond donors (Lipinski definition) is 4. The highest BCUT2D eigenvalue weighted by Crippen LogP contribution is 2.20. The number of fused-ring (bicyclic) bond motifs is 1. The second-order valence-electron chi connectivity index (χ2n) is 4.86. The van der Waals surface area contributed by atoms with Gasteiger partial charge in [-0.3, -0.25) is 9.89 Å². The van der Waals surface area contributed by atoms with Gasteiger partial charge in [0.15, 0.2) is 5.65 Å². The summed E-state index contributed by atoms with van der Waals surface area (Å²) < 4.78 is 0. The van der Waals surface area contributed by atoms with Crippen molar-refractivity contribution in [3.63, 3.8) is 0 Å². The Morgan fingerprint density at radius 1 is 1.24 bits per heavy atom. The molecule has 25 heavy (non-hydrogen) atoms. The maximum atomic E-state index is 12.3. The van der Waals surface area contributed by atoms with Crippen LogP contribution < -0.4 is 11.1 Å². The molecule has 3 aromatic rings. The lowest BCUT2D eigenvalue weighted by atomic mass is 10.1. The van der Waals surface area contributed by atoms with E-state index < -0.39 is 6.04 Å². The molecule has 0 saturated carbocycles. The molecule has 7 N–H and O–H groups in total. The number of benzene rings is 1. The van der Waals surface area contributed by atoms with Gasteiger partial charge in [-0.25, -0.2) is 4.98 Å². The van der Waals surface area contributed by atoms with E-state index in [1.807, 2.05) is 0 Å². The number of rotatable bonds is 4. The standard InChI is InChI=1S/C15H15N5O2.2BrH.H2O/c16-12(8-21)9-1-3-10(4-2-9)15(22)19-13-5-6-17-14-11(13)7-18-20-14;;;/h1-7,12,21H,8,16H2,(H2,17,18,19,20,22);2*1H;1H2. The SMILES string of the molecule is Br.Br.NC(CO)c1ccc(C(=O)Nc2ccnc3[nH]ncc23)cc1.O. The molecular formula is C15H19Br2N5O3. The van der Waals surface area contributed by atoms with Gasteiger partial charge in [-0.15, -0.1) is 34.0 Å². The number of aromatic nitrogens is 3. The van der Waals surface area contributed by atoms with Crippen molar-refractivity contribution in [1.29, 1.82) is 0 Å². The van der Waals surface area contributed by atoms with Crippen molar-refractivity contribution in [2.75, 3.05) is 11.9 Å². The summed E-state index contributed by atoms with van der Waals surface area (Å²) in [6.07, 6.45) is 3.21. The van der Waals surface area contributed by atoms with E-state index >= 15 is 0 Å². The Hall–Kier alpha value is -1.85. The van der Waals surface area contributed by atoms with Crippen molar-refractivity contribution in [2.45, 2.75) is 6.04 Å². The van der Waals surface area contributed by atoms with Crippen molar-refractivity contribution in [2.24, 2.45) is 5.73 Å². The van der Waals surface area contributed by atoms with Crippen molar-refractivity contribution in [1.82, 2.24) is 15.2 Å². The third-order valence-electron chi connectivity index (χ3n) is 3.40. The Kier molecular flexibility index (Phi) is 9.46. The van der Waals surface area contributed by atoms with Gasteiger partial charge in [-0.1, -0.05) is 12.1 Å². The molecule has 136 valence electrons. The van der Waals surface area contributed by atoms with E-state index in [2.05, 4.69) is 20.5 Å². The topological polar surface area (TPSA) is 148 Å². The van der Waals surface area contributed by atoms with Gasteiger partial charge >= 0.3 is 0 Å². The molecule has 0 bridgehead atoms. The number of nitrogens with one attached hydrogen (secondary N) is 2. The fourth-order valence-electron chi connectivity index (χ4n) is 2.14. The van der Waals surface area contributed by atoms with E-state index in [9.17, 15) is 4.79 Å². The zero-order valence-electron chi connectivity index (χ0n) is 13.0. The molecule has 0 spiro atoms.